The molecule has 0 N–H and O–H groups in total. The standard InChI is InChI=1S/C13H15BrClNO/c1-8-3-9(2)13(11(15)4-8)16-7-10(6-14)5-12(16)17/h3-4,10H,5-7H2,1-2H3. The van der Waals surface area contributed by atoms with E-state index in [1.54, 1.807) is 0 Å². The minimum atomic E-state index is 0.170. The smallest absolute Gasteiger partial charge is 0.227 e. The van der Waals surface area contributed by atoms with Crippen molar-refractivity contribution in [1.29, 1.82) is 0 Å². The lowest BCUT2D eigenvalue weighted by molar-refractivity contribution is -0.117. The maximum atomic E-state index is 12.0. The summed E-state index contributed by atoms with van der Waals surface area (Å²) < 4.78 is 0. The van der Waals surface area contributed by atoms with E-state index in [4.69, 9.17) is 11.6 Å². The zero-order valence-corrected chi connectivity index (χ0v) is 12.3. The number of amides is 1. The summed E-state index contributed by atoms with van der Waals surface area (Å²) in [4.78, 5) is 13.8. The normalized spacial score (nSPS) is 20.1. The molecule has 0 bridgehead atoms. The number of anilines is 1. The van der Waals surface area contributed by atoms with Gasteiger partial charge in [-0.3, -0.25) is 4.79 Å². The molecule has 1 unspecified atom stereocenters. The van der Waals surface area contributed by atoms with Gasteiger partial charge in [0, 0.05) is 18.3 Å². The van der Waals surface area contributed by atoms with Gasteiger partial charge in [-0.1, -0.05) is 33.6 Å². The van der Waals surface area contributed by atoms with Gasteiger partial charge in [0.15, 0.2) is 0 Å². The highest BCUT2D eigenvalue weighted by Crippen LogP contribution is 2.35. The van der Waals surface area contributed by atoms with Crippen LogP contribution < -0.4 is 4.90 Å². The summed E-state index contributed by atoms with van der Waals surface area (Å²) in [6, 6.07) is 3.98. The minimum Gasteiger partial charge on any atom is -0.310 e. The second-order valence-corrected chi connectivity index (χ2v) is 5.70. The van der Waals surface area contributed by atoms with E-state index in [1.807, 2.05) is 24.8 Å². The largest absolute Gasteiger partial charge is 0.310 e. The maximum absolute atomic E-state index is 12.0. The Labute approximate surface area is 115 Å². The van der Waals surface area contributed by atoms with Gasteiger partial charge < -0.3 is 4.90 Å². The van der Waals surface area contributed by atoms with E-state index in [0.717, 1.165) is 28.7 Å². The van der Waals surface area contributed by atoms with Crippen LogP contribution in [0.1, 0.15) is 17.5 Å². The quantitative estimate of drug-likeness (QED) is 0.762. The highest BCUT2D eigenvalue weighted by molar-refractivity contribution is 9.09. The molecule has 1 aromatic rings. The van der Waals surface area contributed by atoms with E-state index in [0.29, 0.717) is 17.4 Å². The van der Waals surface area contributed by atoms with Gasteiger partial charge in [0.2, 0.25) is 5.91 Å². The van der Waals surface area contributed by atoms with E-state index in [-0.39, 0.29) is 5.91 Å². The number of benzene rings is 1. The summed E-state index contributed by atoms with van der Waals surface area (Å²) in [5, 5.41) is 1.53. The van der Waals surface area contributed by atoms with Gasteiger partial charge in [0.25, 0.3) is 0 Å². The van der Waals surface area contributed by atoms with Gasteiger partial charge in [-0.2, -0.15) is 0 Å². The molecule has 1 amide bonds. The number of hydrogen-bond donors (Lipinski definition) is 0. The Bertz CT molecular complexity index is 438. The molecule has 0 saturated carbocycles. The van der Waals surface area contributed by atoms with E-state index in [1.165, 1.54) is 0 Å². The number of nitrogens with zero attached hydrogens (tertiary/aromatic N) is 1. The van der Waals surface area contributed by atoms with E-state index >= 15 is 0 Å². The molecule has 4 heteroatoms. The predicted octanol–water partition coefficient (Wildman–Crippen LogP) is 3.70. The minimum absolute atomic E-state index is 0.170. The summed E-state index contributed by atoms with van der Waals surface area (Å²) in [6.07, 6.45) is 0.606. The van der Waals surface area contributed by atoms with Gasteiger partial charge >= 0.3 is 0 Å². The molecular formula is C13H15BrClNO. The number of alkyl halides is 1. The van der Waals surface area contributed by atoms with Crippen LogP contribution in [0.2, 0.25) is 5.02 Å². The van der Waals surface area contributed by atoms with Crippen molar-refractivity contribution in [3.8, 4) is 0 Å². The average Bonchev–Trinajstić information content (AvgIpc) is 2.59. The fourth-order valence-electron chi connectivity index (χ4n) is 2.35. The Morgan fingerprint density at radius 3 is 2.71 bits per heavy atom. The van der Waals surface area contributed by atoms with E-state index in [9.17, 15) is 4.79 Å². The van der Waals surface area contributed by atoms with Crippen molar-refractivity contribution in [2.75, 3.05) is 16.8 Å². The fourth-order valence-corrected chi connectivity index (χ4v) is 3.21. The Kier molecular flexibility index (Phi) is 3.79. The molecule has 2 nitrogen and oxygen atoms in total. The van der Waals surface area contributed by atoms with Crippen molar-refractivity contribution in [3.05, 3.63) is 28.3 Å². The molecule has 1 aliphatic heterocycles. The first-order valence-electron chi connectivity index (χ1n) is 5.66. The highest BCUT2D eigenvalue weighted by atomic mass is 79.9. The van der Waals surface area contributed by atoms with Crippen LogP contribution in [0.15, 0.2) is 12.1 Å². The van der Waals surface area contributed by atoms with Gasteiger partial charge in [-0.25, -0.2) is 0 Å². The lowest BCUT2D eigenvalue weighted by atomic mass is 10.1. The lowest BCUT2D eigenvalue weighted by Gasteiger charge is -2.21. The molecule has 1 saturated heterocycles. The molecule has 1 atom stereocenters. The van der Waals surface area contributed by atoms with Crippen LogP contribution in [-0.4, -0.2) is 17.8 Å². The molecule has 2 rings (SSSR count). The Hall–Kier alpha value is -0.540. The Morgan fingerprint density at radius 2 is 2.18 bits per heavy atom. The van der Waals surface area contributed by atoms with Crippen molar-refractivity contribution in [2.45, 2.75) is 20.3 Å². The summed E-state index contributed by atoms with van der Waals surface area (Å²) in [6.45, 7) is 4.77. The first-order chi connectivity index (χ1) is 8.02. The molecular weight excluding hydrogens is 302 g/mol. The summed E-state index contributed by atoms with van der Waals surface area (Å²) in [5.41, 5.74) is 3.07. The number of carbonyl (C=O) groups is 1. The third-order valence-electron chi connectivity index (χ3n) is 3.09. The van der Waals surface area contributed by atoms with Crippen LogP contribution in [0.3, 0.4) is 0 Å². The number of hydrogen-bond acceptors (Lipinski definition) is 1. The number of rotatable bonds is 2. The SMILES string of the molecule is Cc1cc(C)c(N2CC(CBr)CC2=O)c(Cl)c1. The van der Waals surface area contributed by atoms with Crippen LogP contribution in [-0.2, 0) is 4.79 Å². The highest BCUT2D eigenvalue weighted by Gasteiger charge is 2.31. The van der Waals surface area contributed by atoms with Crippen molar-refractivity contribution in [2.24, 2.45) is 5.92 Å². The van der Waals surface area contributed by atoms with Gasteiger partial charge in [-0.15, -0.1) is 0 Å². The lowest BCUT2D eigenvalue weighted by Crippen LogP contribution is -2.25. The zero-order chi connectivity index (χ0) is 12.6. The number of aryl methyl sites for hydroxylation is 2. The number of halogens is 2. The van der Waals surface area contributed by atoms with Crippen molar-refractivity contribution < 1.29 is 4.79 Å². The first kappa shape index (κ1) is 12.9. The molecule has 17 heavy (non-hydrogen) atoms. The number of carbonyl (C=O) groups excluding carboxylic acids is 1. The second-order valence-electron chi connectivity index (χ2n) is 4.64. The van der Waals surface area contributed by atoms with Crippen LogP contribution in [0.5, 0.6) is 0 Å². The van der Waals surface area contributed by atoms with Crippen LogP contribution in [0.4, 0.5) is 5.69 Å². The van der Waals surface area contributed by atoms with Gasteiger partial charge in [0.05, 0.1) is 10.7 Å². The Balaban J connectivity index is 2.38. The summed E-state index contributed by atoms with van der Waals surface area (Å²) in [7, 11) is 0. The third kappa shape index (κ3) is 2.50. The average molecular weight is 317 g/mol. The third-order valence-corrected chi connectivity index (χ3v) is 4.30. The summed E-state index contributed by atoms with van der Waals surface area (Å²) >= 11 is 9.71. The molecule has 0 aliphatic carbocycles. The monoisotopic (exact) mass is 315 g/mol. The van der Waals surface area contributed by atoms with Gasteiger partial charge in [-0.05, 0) is 37.0 Å². The second kappa shape index (κ2) is 4.99. The predicted molar refractivity (Wildman–Crippen MR) is 75.2 cm³/mol. The van der Waals surface area contributed by atoms with Crippen molar-refractivity contribution in [3.63, 3.8) is 0 Å². The molecule has 1 fully saturated rings. The van der Waals surface area contributed by atoms with Crippen LogP contribution in [0.25, 0.3) is 0 Å². The van der Waals surface area contributed by atoms with Crippen LogP contribution >= 0.6 is 27.5 Å². The van der Waals surface area contributed by atoms with Crippen LogP contribution in [0, 0.1) is 19.8 Å². The molecule has 1 heterocycles. The Morgan fingerprint density at radius 1 is 1.47 bits per heavy atom. The molecule has 1 aliphatic rings. The molecule has 0 radical (unpaired) electrons. The maximum Gasteiger partial charge on any atom is 0.227 e. The van der Waals surface area contributed by atoms with E-state index < -0.39 is 0 Å². The fraction of sp³-hybridized carbons (Fsp3) is 0.462. The molecule has 0 spiro atoms. The molecule has 1 aromatic carbocycles. The van der Waals surface area contributed by atoms with Crippen molar-refractivity contribution >= 4 is 39.1 Å². The van der Waals surface area contributed by atoms with Crippen molar-refractivity contribution in [1.82, 2.24) is 0 Å². The van der Waals surface area contributed by atoms with Gasteiger partial charge in [0.1, 0.15) is 0 Å². The molecule has 92 valence electrons. The first-order valence-corrected chi connectivity index (χ1v) is 7.16. The van der Waals surface area contributed by atoms with E-state index in [2.05, 4.69) is 22.0 Å². The molecule has 0 aromatic heterocycles. The topological polar surface area (TPSA) is 20.3 Å². The zero-order valence-electron chi connectivity index (χ0n) is 9.96. The summed E-state index contributed by atoms with van der Waals surface area (Å²) in [5.74, 6) is 0.558.